The Bertz CT molecular complexity index is 1010. The largest absolute Gasteiger partial charge is 0.465 e. The standard InChI is InChI=1S/C21H21ClF3N3O4/c1-4-30-19(29)10(2)16-14(20-31-8-9-32-20)18(28-21(22)27-16)26-11(3)12-6-5-7-13(15(12)23)17(24)25/h5-11,17,20H,4H2,1-3H3,(H,26,27,28)/t10?,11-/m1/s1. The molecular formula is C21H21ClF3N3O4. The molecule has 3 rings (SSSR count). The predicted octanol–water partition coefficient (Wildman–Crippen LogP) is 5.56. The SMILES string of the molecule is CCOC(=O)C(C)c1nc(Cl)nc(N[C@H](C)c2cccc(C(F)F)c2F)c1C1OC=CO1. The van der Waals surface area contributed by atoms with Crippen LogP contribution in [0.1, 0.15) is 67.8 Å². The minimum absolute atomic E-state index is 0.00476. The maximum Gasteiger partial charge on any atom is 0.314 e. The van der Waals surface area contributed by atoms with E-state index >= 15 is 0 Å². The molecule has 2 heterocycles. The smallest absolute Gasteiger partial charge is 0.314 e. The van der Waals surface area contributed by atoms with Crippen LogP contribution in [0.4, 0.5) is 19.0 Å². The lowest BCUT2D eigenvalue weighted by atomic mass is 10.0. The van der Waals surface area contributed by atoms with Crippen LogP contribution in [-0.2, 0) is 19.0 Å². The Hall–Kier alpha value is -3.01. The van der Waals surface area contributed by atoms with Gasteiger partial charge in [-0.2, -0.15) is 0 Å². The van der Waals surface area contributed by atoms with Crippen LogP contribution in [0.25, 0.3) is 0 Å². The first kappa shape index (κ1) is 23.6. The monoisotopic (exact) mass is 471 g/mol. The van der Waals surface area contributed by atoms with Gasteiger partial charge in [-0.3, -0.25) is 4.79 Å². The van der Waals surface area contributed by atoms with Crippen LogP contribution in [0.3, 0.4) is 0 Å². The molecule has 0 fully saturated rings. The van der Waals surface area contributed by atoms with E-state index in [1.807, 2.05) is 0 Å². The summed E-state index contributed by atoms with van der Waals surface area (Å²) in [6.45, 7) is 4.97. The highest BCUT2D eigenvalue weighted by Crippen LogP contribution is 2.37. The van der Waals surface area contributed by atoms with Crippen molar-refractivity contribution in [1.82, 2.24) is 9.97 Å². The van der Waals surface area contributed by atoms with E-state index in [0.29, 0.717) is 0 Å². The highest BCUT2D eigenvalue weighted by Gasteiger charge is 2.33. The maximum atomic E-state index is 14.7. The van der Waals surface area contributed by atoms with Gasteiger partial charge in [-0.1, -0.05) is 18.2 Å². The zero-order chi connectivity index (χ0) is 23.4. The molecule has 1 N–H and O–H groups in total. The number of halogens is 4. The molecule has 1 aliphatic rings. The van der Waals surface area contributed by atoms with E-state index in [1.54, 1.807) is 20.8 Å². The lowest BCUT2D eigenvalue weighted by molar-refractivity contribution is -0.144. The number of anilines is 1. The van der Waals surface area contributed by atoms with Crippen molar-refractivity contribution in [3.8, 4) is 0 Å². The fraction of sp³-hybridized carbons (Fsp3) is 0.381. The van der Waals surface area contributed by atoms with E-state index in [0.717, 1.165) is 6.07 Å². The van der Waals surface area contributed by atoms with E-state index in [2.05, 4.69) is 15.3 Å². The minimum atomic E-state index is -2.96. The molecule has 172 valence electrons. The van der Waals surface area contributed by atoms with Crippen LogP contribution in [0.2, 0.25) is 5.28 Å². The van der Waals surface area contributed by atoms with Crippen molar-refractivity contribution >= 4 is 23.4 Å². The summed E-state index contributed by atoms with van der Waals surface area (Å²) in [5.74, 6) is -2.34. The van der Waals surface area contributed by atoms with Crippen LogP contribution < -0.4 is 5.32 Å². The zero-order valence-corrected chi connectivity index (χ0v) is 18.2. The number of ether oxygens (including phenoxy) is 3. The molecule has 2 aromatic rings. The Morgan fingerprint density at radius 2 is 1.88 bits per heavy atom. The van der Waals surface area contributed by atoms with Gasteiger partial charge in [-0.15, -0.1) is 0 Å². The van der Waals surface area contributed by atoms with Crippen LogP contribution in [0, 0.1) is 5.82 Å². The Balaban J connectivity index is 2.04. The molecule has 0 radical (unpaired) electrons. The highest BCUT2D eigenvalue weighted by molar-refractivity contribution is 6.28. The Morgan fingerprint density at radius 3 is 2.50 bits per heavy atom. The van der Waals surface area contributed by atoms with Crippen molar-refractivity contribution in [2.24, 2.45) is 0 Å². The summed E-state index contributed by atoms with van der Waals surface area (Å²) < 4.78 is 56.8. The fourth-order valence-electron chi connectivity index (χ4n) is 3.24. The van der Waals surface area contributed by atoms with Gasteiger partial charge in [-0.25, -0.2) is 23.1 Å². The molecule has 0 bridgehead atoms. The number of hydrogen-bond donors (Lipinski definition) is 1. The number of alkyl halides is 2. The summed E-state index contributed by atoms with van der Waals surface area (Å²) in [6, 6.07) is 2.94. The van der Waals surface area contributed by atoms with Crippen molar-refractivity contribution < 1.29 is 32.2 Å². The third kappa shape index (κ3) is 4.90. The second-order valence-electron chi connectivity index (χ2n) is 6.91. The van der Waals surface area contributed by atoms with Crippen molar-refractivity contribution in [1.29, 1.82) is 0 Å². The molecule has 32 heavy (non-hydrogen) atoms. The number of carbonyl (C=O) groups is 1. The Kier molecular flexibility index (Phi) is 7.44. The number of benzene rings is 1. The lowest BCUT2D eigenvalue weighted by Crippen LogP contribution is -2.21. The van der Waals surface area contributed by atoms with Gasteiger partial charge in [0.25, 0.3) is 12.7 Å². The van der Waals surface area contributed by atoms with E-state index < -0.39 is 42.0 Å². The summed E-state index contributed by atoms with van der Waals surface area (Å²) in [5.41, 5.74) is -0.277. The second kappa shape index (κ2) is 10.1. The number of rotatable bonds is 8. The number of nitrogens with one attached hydrogen (secondary N) is 1. The fourth-order valence-corrected chi connectivity index (χ4v) is 3.41. The molecule has 1 aromatic heterocycles. The lowest BCUT2D eigenvalue weighted by Gasteiger charge is -2.24. The highest BCUT2D eigenvalue weighted by atomic mass is 35.5. The summed E-state index contributed by atoms with van der Waals surface area (Å²) >= 11 is 6.10. The molecule has 1 aliphatic heterocycles. The molecular weight excluding hydrogens is 451 g/mol. The molecule has 0 aliphatic carbocycles. The number of carbonyl (C=O) groups excluding carboxylic acids is 1. The number of hydrogen-bond acceptors (Lipinski definition) is 7. The normalized spacial score (nSPS) is 15.2. The summed E-state index contributed by atoms with van der Waals surface area (Å²) in [4.78, 5) is 20.7. The Labute approximate surface area is 187 Å². The molecule has 11 heteroatoms. The summed E-state index contributed by atoms with van der Waals surface area (Å²) in [7, 11) is 0. The third-order valence-electron chi connectivity index (χ3n) is 4.81. The first-order chi connectivity index (χ1) is 15.2. The van der Waals surface area contributed by atoms with Crippen molar-refractivity contribution in [2.45, 2.75) is 45.4 Å². The van der Waals surface area contributed by atoms with Gasteiger partial charge in [0, 0.05) is 5.56 Å². The average molecular weight is 472 g/mol. The predicted molar refractivity (Wildman–Crippen MR) is 110 cm³/mol. The van der Waals surface area contributed by atoms with E-state index in [9.17, 15) is 18.0 Å². The Morgan fingerprint density at radius 1 is 1.22 bits per heavy atom. The van der Waals surface area contributed by atoms with Crippen LogP contribution in [0.15, 0.2) is 30.7 Å². The van der Waals surface area contributed by atoms with Crippen LogP contribution >= 0.6 is 11.6 Å². The van der Waals surface area contributed by atoms with Crippen molar-refractivity contribution in [3.63, 3.8) is 0 Å². The molecule has 1 unspecified atom stereocenters. The van der Waals surface area contributed by atoms with Crippen molar-refractivity contribution in [2.75, 3.05) is 11.9 Å². The average Bonchev–Trinajstić information content (AvgIpc) is 3.27. The molecule has 0 saturated carbocycles. The third-order valence-corrected chi connectivity index (χ3v) is 4.98. The molecule has 0 saturated heterocycles. The van der Waals surface area contributed by atoms with Gasteiger partial charge < -0.3 is 19.5 Å². The summed E-state index contributed by atoms with van der Waals surface area (Å²) in [6.07, 6.45) is -1.37. The van der Waals surface area contributed by atoms with Gasteiger partial charge in [-0.05, 0) is 32.4 Å². The van der Waals surface area contributed by atoms with Crippen LogP contribution in [-0.4, -0.2) is 22.5 Å². The second-order valence-corrected chi connectivity index (χ2v) is 7.25. The van der Waals surface area contributed by atoms with Crippen LogP contribution in [0.5, 0.6) is 0 Å². The molecule has 7 nitrogen and oxygen atoms in total. The van der Waals surface area contributed by atoms with Gasteiger partial charge in [0.1, 0.15) is 24.2 Å². The maximum absolute atomic E-state index is 14.7. The van der Waals surface area contributed by atoms with Gasteiger partial charge >= 0.3 is 5.97 Å². The molecule has 1 aromatic carbocycles. The van der Waals surface area contributed by atoms with E-state index in [-0.39, 0.29) is 34.5 Å². The topological polar surface area (TPSA) is 82.6 Å². The van der Waals surface area contributed by atoms with E-state index in [4.69, 9.17) is 25.8 Å². The minimum Gasteiger partial charge on any atom is -0.465 e. The van der Waals surface area contributed by atoms with Gasteiger partial charge in [0.15, 0.2) is 0 Å². The first-order valence-corrected chi connectivity index (χ1v) is 10.1. The quantitative estimate of drug-likeness (QED) is 0.398. The zero-order valence-electron chi connectivity index (χ0n) is 17.4. The number of esters is 1. The van der Waals surface area contributed by atoms with Gasteiger partial charge in [0.05, 0.1) is 35.4 Å². The van der Waals surface area contributed by atoms with Crippen molar-refractivity contribution in [3.05, 3.63) is 64.2 Å². The molecule has 0 spiro atoms. The number of nitrogens with zero attached hydrogens (tertiary/aromatic N) is 2. The molecule has 2 atom stereocenters. The first-order valence-electron chi connectivity index (χ1n) is 9.77. The van der Waals surface area contributed by atoms with Gasteiger partial charge in [0.2, 0.25) is 5.28 Å². The van der Waals surface area contributed by atoms with E-state index in [1.165, 1.54) is 24.7 Å². The summed E-state index contributed by atoms with van der Waals surface area (Å²) in [5, 5.41) is 2.77. The number of aromatic nitrogens is 2. The molecule has 0 amide bonds.